The molecule has 0 heterocycles. The molecule has 0 aromatic rings. The standard InChI is InChI=1S/C12H24N2O/c1-10(13-2)9-14-12(15)8-7-11-5-3-4-6-11/h10-11,13H,3-9H2,1-2H3,(H,14,15). The topological polar surface area (TPSA) is 41.1 Å². The summed E-state index contributed by atoms with van der Waals surface area (Å²) in [6, 6.07) is 0.362. The first-order valence-corrected chi connectivity index (χ1v) is 6.16. The van der Waals surface area contributed by atoms with Crippen LogP contribution < -0.4 is 10.6 Å². The Bertz CT molecular complexity index is 188. The van der Waals surface area contributed by atoms with E-state index in [2.05, 4.69) is 17.6 Å². The van der Waals surface area contributed by atoms with Crippen LogP contribution in [0.2, 0.25) is 0 Å². The normalized spacial score (nSPS) is 19.1. The van der Waals surface area contributed by atoms with Gasteiger partial charge in [-0.15, -0.1) is 0 Å². The van der Waals surface area contributed by atoms with E-state index in [0.29, 0.717) is 12.5 Å². The number of hydrogen-bond donors (Lipinski definition) is 2. The van der Waals surface area contributed by atoms with Crippen molar-refractivity contribution in [2.45, 2.75) is 51.5 Å². The highest BCUT2D eigenvalue weighted by Gasteiger charge is 2.15. The molecule has 1 atom stereocenters. The molecule has 1 rings (SSSR count). The molecule has 0 saturated heterocycles. The third-order valence-corrected chi connectivity index (χ3v) is 3.35. The van der Waals surface area contributed by atoms with Crippen LogP contribution >= 0.6 is 0 Å². The van der Waals surface area contributed by atoms with Crippen LogP contribution in [-0.2, 0) is 4.79 Å². The fraction of sp³-hybridized carbons (Fsp3) is 0.917. The molecule has 0 spiro atoms. The predicted octanol–water partition coefficient (Wildman–Crippen LogP) is 1.68. The summed E-state index contributed by atoms with van der Waals surface area (Å²) in [5, 5.41) is 6.06. The lowest BCUT2D eigenvalue weighted by molar-refractivity contribution is -0.121. The zero-order valence-corrected chi connectivity index (χ0v) is 10.0. The van der Waals surface area contributed by atoms with Gasteiger partial charge in [0, 0.05) is 19.0 Å². The van der Waals surface area contributed by atoms with Crippen molar-refractivity contribution in [1.82, 2.24) is 10.6 Å². The predicted molar refractivity (Wildman–Crippen MR) is 62.7 cm³/mol. The fourth-order valence-corrected chi connectivity index (χ4v) is 2.09. The smallest absolute Gasteiger partial charge is 0.220 e. The van der Waals surface area contributed by atoms with Crippen molar-refractivity contribution in [3.05, 3.63) is 0 Å². The Hall–Kier alpha value is -0.570. The minimum atomic E-state index is 0.212. The van der Waals surface area contributed by atoms with Gasteiger partial charge in [-0.3, -0.25) is 4.79 Å². The van der Waals surface area contributed by atoms with E-state index in [1.54, 1.807) is 0 Å². The molecule has 3 heteroatoms. The average Bonchev–Trinajstić information content (AvgIpc) is 2.75. The summed E-state index contributed by atoms with van der Waals surface area (Å²) in [6.07, 6.45) is 7.19. The third kappa shape index (κ3) is 5.17. The van der Waals surface area contributed by atoms with Crippen LogP contribution in [0.1, 0.15) is 45.4 Å². The molecule has 1 unspecified atom stereocenters. The SMILES string of the molecule is CNC(C)CNC(=O)CCC1CCCC1. The third-order valence-electron chi connectivity index (χ3n) is 3.35. The van der Waals surface area contributed by atoms with E-state index in [9.17, 15) is 4.79 Å². The zero-order valence-electron chi connectivity index (χ0n) is 10.0. The summed E-state index contributed by atoms with van der Waals surface area (Å²) < 4.78 is 0. The van der Waals surface area contributed by atoms with Gasteiger partial charge in [0.25, 0.3) is 0 Å². The lowest BCUT2D eigenvalue weighted by atomic mass is 10.0. The summed E-state index contributed by atoms with van der Waals surface area (Å²) in [4.78, 5) is 11.5. The van der Waals surface area contributed by atoms with Gasteiger partial charge in [-0.1, -0.05) is 25.7 Å². The second-order valence-electron chi connectivity index (χ2n) is 4.68. The summed E-state index contributed by atoms with van der Waals surface area (Å²) >= 11 is 0. The number of likely N-dealkylation sites (N-methyl/N-ethyl adjacent to an activating group) is 1. The molecule has 0 aromatic carbocycles. The van der Waals surface area contributed by atoms with Gasteiger partial charge >= 0.3 is 0 Å². The quantitative estimate of drug-likeness (QED) is 0.703. The van der Waals surface area contributed by atoms with Crippen molar-refractivity contribution in [3.63, 3.8) is 0 Å². The average molecular weight is 212 g/mol. The van der Waals surface area contributed by atoms with Gasteiger partial charge in [0.05, 0.1) is 0 Å². The highest BCUT2D eigenvalue weighted by Crippen LogP contribution is 2.28. The van der Waals surface area contributed by atoms with Crippen molar-refractivity contribution in [3.8, 4) is 0 Å². The number of hydrogen-bond acceptors (Lipinski definition) is 2. The molecule has 3 nitrogen and oxygen atoms in total. The molecule has 0 aliphatic heterocycles. The Morgan fingerprint density at radius 2 is 2.07 bits per heavy atom. The maximum absolute atomic E-state index is 11.5. The molecule has 0 bridgehead atoms. The van der Waals surface area contributed by atoms with Gasteiger partial charge in [0.1, 0.15) is 0 Å². The Labute approximate surface area is 93.0 Å². The molecule has 2 N–H and O–H groups in total. The van der Waals surface area contributed by atoms with Crippen LogP contribution in [0.15, 0.2) is 0 Å². The van der Waals surface area contributed by atoms with Crippen LogP contribution in [0.25, 0.3) is 0 Å². The molecule has 1 fully saturated rings. The largest absolute Gasteiger partial charge is 0.355 e. The molecular formula is C12H24N2O. The molecule has 1 aliphatic carbocycles. The fourth-order valence-electron chi connectivity index (χ4n) is 2.09. The molecule has 1 saturated carbocycles. The zero-order chi connectivity index (χ0) is 11.1. The minimum Gasteiger partial charge on any atom is -0.355 e. The number of nitrogens with one attached hydrogen (secondary N) is 2. The van der Waals surface area contributed by atoms with Crippen LogP contribution in [0.3, 0.4) is 0 Å². The van der Waals surface area contributed by atoms with Gasteiger partial charge in [-0.2, -0.15) is 0 Å². The van der Waals surface area contributed by atoms with E-state index < -0.39 is 0 Å². The Morgan fingerprint density at radius 3 is 2.67 bits per heavy atom. The first-order valence-electron chi connectivity index (χ1n) is 6.16. The van der Waals surface area contributed by atoms with Crippen LogP contribution in [0.5, 0.6) is 0 Å². The number of carbonyl (C=O) groups is 1. The van der Waals surface area contributed by atoms with Gasteiger partial charge in [0.2, 0.25) is 5.91 Å². The van der Waals surface area contributed by atoms with Crippen LogP contribution in [0.4, 0.5) is 0 Å². The van der Waals surface area contributed by atoms with Gasteiger partial charge in [-0.25, -0.2) is 0 Å². The number of carbonyl (C=O) groups excluding carboxylic acids is 1. The lowest BCUT2D eigenvalue weighted by Gasteiger charge is -2.12. The summed E-state index contributed by atoms with van der Waals surface area (Å²) in [5.41, 5.74) is 0. The van der Waals surface area contributed by atoms with E-state index in [4.69, 9.17) is 0 Å². The van der Waals surface area contributed by atoms with Crippen molar-refractivity contribution < 1.29 is 4.79 Å². The number of amides is 1. The van der Waals surface area contributed by atoms with E-state index in [0.717, 1.165) is 18.9 Å². The molecule has 1 aliphatic rings. The van der Waals surface area contributed by atoms with E-state index in [1.165, 1.54) is 25.7 Å². The van der Waals surface area contributed by atoms with E-state index in [1.807, 2.05) is 7.05 Å². The molecular weight excluding hydrogens is 188 g/mol. The second kappa shape index (κ2) is 6.83. The summed E-state index contributed by atoms with van der Waals surface area (Å²) in [5.74, 6) is 1.03. The van der Waals surface area contributed by atoms with Gasteiger partial charge in [0.15, 0.2) is 0 Å². The molecule has 0 aromatic heterocycles. The minimum absolute atomic E-state index is 0.212. The maximum atomic E-state index is 11.5. The first-order chi connectivity index (χ1) is 7.22. The molecule has 15 heavy (non-hydrogen) atoms. The molecule has 88 valence electrons. The Morgan fingerprint density at radius 1 is 1.40 bits per heavy atom. The van der Waals surface area contributed by atoms with Crippen LogP contribution in [-0.4, -0.2) is 25.5 Å². The first kappa shape index (κ1) is 12.5. The highest BCUT2D eigenvalue weighted by atomic mass is 16.1. The van der Waals surface area contributed by atoms with Crippen molar-refractivity contribution in [2.24, 2.45) is 5.92 Å². The van der Waals surface area contributed by atoms with Crippen molar-refractivity contribution in [1.29, 1.82) is 0 Å². The summed E-state index contributed by atoms with van der Waals surface area (Å²) in [7, 11) is 1.91. The van der Waals surface area contributed by atoms with Crippen molar-refractivity contribution in [2.75, 3.05) is 13.6 Å². The maximum Gasteiger partial charge on any atom is 0.220 e. The Balaban J connectivity index is 2.02. The van der Waals surface area contributed by atoms with Crippen molar-refractivity contribution >= 4 is 5.91 Å². The summed E-state index contributed by atoms with van der Waals surface area (Å²) in [6.45, 7) is 2.80. The second-order valence-corrected chi connectivity index (χ2v) is 4.68. The van der Waals surface area contributed by atoms with Gasteiger partial charge in [-0.05, 0) is 26.3 Å². The Kier molecular flexibility index (Phi) is 5.69. The van der Waals surface area contributed by atoms with E-state index >= 15 is 0 Å². The van der Waals surface area contributed by atoms with Gasteiger partial charge < -0.3 is 10.6 Å². The molecule has 1 amide bonds. The number of rotatable bonds is 6. The van der Waals surface area contributed by atoms with E-state index in [-0.39, 0.29) is 5.91 Å². The lowest BCUT2D eigenvalue weighted by Crippen LogP contribution is -2.37. The monoisotopic (exact) mass is 212 g/mol. The molecule has 0 radical (unpaired) electrons. The van der Waals surface area contributed by atoms with Crippen LogP contribution in [0, 0.1) is 5.92 Å². The highest BCUT2D eigenvalue weighted by molar-refractivity contribution is 5.75.